The number of fused-ring (bicyclic) bond motifs is 3. The van der Waals surface area contributed by atoms with Gasteiger partial charge in [0.2, 0.25) is 0 Å². The average molecular weight is 307 g/mol. The fraction of sp³-hybridized carbons (Fsp3) is 0.917. The Labute approximate surface area is 114 Å². The molecule has 3 aliphatic rings. The van der Waals surface area contributed by atoms with Crippen LogP contribution in [0.4, 0.5) is 0 Å². The number of ether oxygens (including phenoxy) is 1. The van der Waals surface area contributed by atoms with E-state index in [9.17, 15) is 4.79 Å². The molecule has 0 aliphatic carbocycles. The van der Waals surface area contributed by atoms with E-state index in [1.807, 2.05) is 20.8 Å². The minimum absolute atomic E-state index is 0. The van der Waals surface area contributed by atoms with Gasteiger partial charge in [-0.3, -0.25) is 4.90 Å². The SMILES string of the molecule is CC(C)(C)OC(=O)C[N+]12CCN(CC1)CC2.[Br-]. The van der Waals surface area contributed by atoms with Crippen molar-refractivity contribution in [3.05, 3.63) is 0 Å². The van der Waals surface area contributed by atoms with Crippen molar-refractivity contribution in [2.75, 3.05) is 45.8 Å². The monoisotopic (exact) mass is 306 g/mol. The average Bonchev–Trinajstić information content (AvgIpc) is 2.16. The van der Waals surface area contributed by atoms with Crippen molar-refractivity contribution in [1.82, 2.24) is 4.90 Å². The van der Waals surface area contributed by atoms with Crippen LogP contribution >= 0.6 is 0 Å². The second kappa shape index (κ2) is 5.24. The van der Waals surface area contributed by atoms with Crippen molar-refractivity contribution in [3.8, 4) is 0 Å². The highest BCUT2D eigenvalue weighted by Crippen LogP contribution is 2.20. The Kier molecular flexibility index (Phi) is 4.60. The Hall–Kier alpha value is -0.130. The van der Waals surface area contributed by atoms with Crippen molar-refractivity contribution in [3.63, 3.8) is 0 Å². The summed E-state index contributed by atoms with van der Waals surface area (Å²) in [4.78, 5) is 14.3. The molecular formula is C12H23BrN2O2. The Bertz CT molecular complexity index is 267. The van der Waals surface area contributed by atoms with Crippen LogP contribution in [0.1, 0.15) is 20.8 Å². The van der Waals surface area contributed by atoms with Crippen molar-refractivity contribution < 1.29 is 31.0 Å². The van der Waals surface area contributed by atoms with Crippen LogP contribution in [0.5, 0.6) is 0 Å². The molecule has 3 saturated heterocycles. The molecule has 5 heteroatoms. The molecule has 4 nitrogen and oxygen atoms in total. The van der Waals surface area contributed by atoms with E-state index in [1.165, 1.54) is 0 Å². The van der Waals surface area contributed by atoms with Crippen molar-refractivity contribution in [2.45, 2.75) is 26.4 Å². The standard InChI is InChI=1S/C12H23N2O2.BrH/c1-12(2,3)16-11(15)10-14-7-4-13(5-8-14)6-9-14;/h4-10H2,1-3H3;1H/q+1;/p-1. The number of carbonyl (C=O) groups excluding carboxylic acids is 1. The second-order valence-corrected chi connectivity index (χ2v) is 6.10. The summed E-state index contributed by atoms with van der Waals surface area (Å²) in [5, 5.41) is 0. The minimum atomic E-state index is -0.354. The highest BCUT2D eigenvalue weighted by atomic mass is 79.9. The van der Waals surface area contributed by atoms with Crippen molar-refractivity contribution in [2.24, 2.45) is 0 Å². The van der Waals surface area contributed by atoms with Gasteiger partial charge in [-0.15, -0.1) is 0 Å². The normalized spacial score (nSPS) is 31.8. The maximum Gasteiger partial charge on any atom is 0.362 e. The number of piperazine rings is 3. The van der Waals surface area contributed by atoms with Gasteiger partial charge in [0.15, 0.2) is 6.54 Å². The third-order valence-corrected chi connectivity index (χ3v) is 3.56. The molecule has 0 spiro atoms. The lowest BCUT2D eigenvalue weighted by Gasteiger charge is -2.49. The van der Waals surface area contributed by atoms with Crippen LogP contribution in [0.25, 0.3) is 0 Å². The van der Waals surface area contributed by atoms with Crippen LogP contribution in [-0.2, 0) is 9.53 Å². The number of hydrogen-bond donors (Lipinski definition) is 0. The number of nitrogens with zero attached hydrogens (tertiary/aromatic N) is 2. The van der Waals surface area contributed by atoms with E-state index in [2.05, 4.69) is 4.90 Å². The lowest BCUT2D eigenvalue weighted by molar-refractivity contribution is -0.934. The first-order valence-corrected chi connectivity index (χ1v) is 6.18. The molecule has 3 fully saturated rings. The first-order chi connectivity index (χ1) is 7.39. The molecule has 0 unspecified atom stereocenters. The molecule has 0 aromatic heterocycles. The molecule has 0 atom stereocenters. The summed E-state index contributed by atoms with van der Waals surface area (Å²) in [5.74, 6) is -0.0390. The summed E-state index contributed by atoms with van der Waals surface area (Å²) < 4.78 is 6.37. The van der Waals surface area contributed by atoms with Gasteiger partial charge in [-0.05, 0) is 20.8 Å². The number of halogens is 1. The number of rotatable bonds is 2. The van der Waals surface area contributed by atoms with Gasteiger partial charge < -0.3 is 26.2 Å². The minimum Gasteiger partial charge on any atom is -1.00 e. The lowest BCUT2D eigenvalue weighted by atomic mass is 10.1. The van der Waals surface area contributed by atoms with Gasteiger partial charge in [0.1, 0.15) is 5.60 Å². The van der Waals surface area contributed by atoms with Gasteiger partial charge in [0, 0.05) is 19.6 Å². The number of hydrogen-bond acceptors (Lipinski definition) is 3. The topological polar surface area (TPSA) is 29.5 Å². The summed E-state index contributed by atoms with van der Waals surface area (Å²) in [5.41, 5.74) is -0.354. The van der Waals surface area contributed by atoms with Crippen LogP contribution in [0, 0.1) is 0 Å². The molecular weight excluding hydrogens is 284 g/mol. The molecule has 0 aromatic carbocycles. The van der Waals surface area contributed by atoms with Crippen LogP contribution in [-0.4, -0.2) is 66.8 Å². The molecule has 100 valence electrons. The molecule has 0 aromatic rings. The summed E-state index contributed by atoms with van der Waals surface area (Å²) in [6.07, 6.45) is 0. The molecule has 0 saturated carbocycles. The van der Waals surface area contributed by atoms with E-state index < -0.39 is 0 Å². The van der Waals surface area contributed by atoms with Gasteiger partial charge in [-0.2, -0.15) is 0 Å². The molecule has 3 aliphatic heterocycles. The highest BCUT2D eigenvalue weighted by molar-refractivity contribution is 5.71. The zero-order valence-corrected chi connectivity index (χ0v) is 12.6. The Morgan fingerprint density at radius 2 is 1.65 bits per heavy atom. The van der Waals surface area contributed by atoms with Crippen LogP contribution in [0.15, 0.2) is 0 Å². The molecule has 17 heavy (non-hydrogen) atoms. The predicted octanol–water partition coefficient (Wildman–Crippen LogP) is -2.52. The fourth-order valence-electron chi connectivity index (χ4n) is 2.62. The maximum atomic E-state index is 11.9. The third-order valence-electron chi connectivity index (χ3n) is 3.56. The van der Waals surface area contributed by atoms with Gasteiger partial charge in [-0.1, -0.05) is 0 Å². The molecule has 2 bridgehead atoms. The van der Waals surface area contributed by atoms with E-state index in [0.717, 1.165) is 43.8 Å². The van der Waals surface area contributed by atoms with Gasteiger partial charge in [0.25, 0.3) is 0 Å². The van der Waals surface area contributed by atoms with E-state index >= 15 is 0 Å². The summed E-state index contributed by atoms with van der Waals surface area (Å²) in [6, 6.07) is 0. The van der Waals surface area contributed by atoms with E-state index in [-0.39, 0.29) is 28.6 Å². The molecule has 0 amide bonds. The predicted molar refractivity (Wildman–Crippen MR) is 62.0 cm³/mol. The van der Waals surface area contributed by atoms with Crippen molar-refractivity contribution >= 4 is 5.97 Å². The zero-order chi connectivity index (χ0) is 11.8. The van der Waals surface area contributed by atoms with Crippen LogP contribution < -0.4 is 17.0 Å². The fourth-order valence-corrected chi connectivity index (χ4v) is 2.62. The van der Waals surface area contributed by atoms with E-state index in [4.69, 9.17) is 4.74 Å². The highest BCUT2D eigenvalue weighted by Gasteiger charge is 2.40. The Morgan fingerprint density at radius 3 is 2.06 bits per heavy atom. The van der Waals surface area contributed by atoms with E-state index in [1.54, 1.807) is 0 Å². The Morgan fingerprint density at radius 1 is 1.18 bits per heavy atom. The Balaban J connectivity index is 0.00000144. The largest absolute Gasteiger partial charge is 1.00 e. The first-order valence-electron chi connectivity index (χ1n) is 6.18. The maximum absolute atomic E-state index is 11.9. The van der Waals surface area contributed by atoms with Crippen LogP contribution in [0.3, 0.4) is 0 Å². The summed E-state index contributed by atoms with van der Waals surface area (Å²) in [6.45, 7) is 13.1. The first kappa shape index (κ1) is 14.9. The lowest BCUT2D eigenvalue weighted by Crippen LogP contribution is -3.00. The number of esters is 1. The molecule has 3 heterocycles. The summed E-state index contributed by atoms with van der Waals surface area (Å²) >= 11 is 0. The third kappa shape index (κ3) is 3.93. The number of quaternary nitrogens is 1. The zero-order valence-electron chi connectivity index (χ0n) is 11.0. The summed E-state index contributed by atoms with van der Waals surface area (Å²) in [7, 11) is 0. The molecule has 3 rings (SSSR count). The van der Waals surface area contributed by atoms with Crippen LogP contribution in [0.2, 0.25) is 0 Å². The van der Waals surface area contributed by atoms with E-state index in [0.29, 0.717) is 6.54 Å². The van der Waals surface area contributed by atoms with Gasteiger partial charge in [0.05, 0.1) is 19.6 Å². The molecule has 0 radical (unpaired) electrons. The second-order valence-electron chi connectivity index (χ2n) is 6.10. The van der Waals surface area contributed by atoms with Crippen molar-refractivity contribution in [1.29, 1.82) is 0 Å². The smallest absolute Gasteiger partial charge is 0.362 e. The van der Waals surface area contributed by atoms with Gasteiger partial charge in [-0.25, -0.2) is 4.79 Å². The number of carbonyl (C=O) groups is 1. The van der Waals surface area contributed by atoms with Gasteiger partial charge >= 0.3 is 5.97 Å². The quantitative estimate of drug-likeness (QED) is 0.417. The molecule has 0 N–H and O–H groups in total.